The summed E-state index contributed by atoms with van der Waals surface area (Å²) in [6, 6.07) is 6.61. The predicted octanol–water partition coefficient (Wildman–Crippen LogP) is 3.72. The molecule has 0 atom stereocenters. The molecule has 1 aromatic carbocycles. The van der Waals surface area contributed by atoms with Gasteiger partial charge in [0.25, 0.3) is 0 Å². The number of benzene rings is 1. The predicted molar refractivity (Wildman–Crippen MR) is 85.5 cm³/mol. The molecule has 0 bridgehead atoms. The second-order valence-corrected chi connectivity index (χ2v) is 6.87. The SMILES string of the molecule is Cc1ccc(CNCC2(N(C)C)CCCC2)cc1Br. The highest BCUT2D eigenvalue weighted by atomic mass is 79.9. The molecule has 0 unspecified atom stereocenters. The van der Waals surface area contributed by atoms with Crippen LogP contribution in [0.3, 0.4) is 0 Å². The van der Waals surface area contributed by atoms with E-state index in [0.29, 0.717) is 5.54 Å². The van der Waals surface area contributed by atoms with Gasteiger partial charge in [0.1, 0.15) is 0 Å². The lowest BCUT2D eigenvalue weighted by molar-refractivity contribution is 0.153. The number of nitrogens with one attached hydrogen (secondary N) is 1. The van der Waals surface area contributed by atoms with E-state index in [1.54, 1.807) is 0 Å². The van der Waals surface area contributed by atoms with Crippen LogP contribution in [0, 0.1) is 6.92 Å². The summed E-state index contributed by atoms with van der Waals surface area (Å²) in [4.78, 5) is 2.41. The average molecular weight is 325 g/mol. The van der Waals surface area contributed by atoms with Gasteiger partial charge in [0, 0.05) is 23.1 Å². The molecule has 2 nitrogen and oxygen atoms in total. The van der Waals surface area contributed by atoms with Crippen LogP contribution in [0.15, 0.2) is 22.7 Å². The molecule has 3 heteroatoms. The maximum atomic E-state index is 3.65. The number of nitrogens with zero attached hydrogens (tertiary/aromatic N) is 1. The van der Waals surface area contributed by atoms with E-state index in [4.69, 9.17) is 0 Å². The van der Waals surface area contributed by atoms with Gasteiger partial charge in [-0.2, -0.15) is 0 Å². The molecule has 106 valence electrons. The summed E-state index contributed by atoms with van der Waals surface area (Å²) in [5.41, 5.74) is 3.02. The molecule has 0 radical (unpaired) electrons. The van der Waals surface area contributed by atoms with Crippen molar-refractivity contribution in [1.29, 1.82) is 0 Å². The Morgan fingerprint density at radius 3 is 2.53 bits per heavy atom. The first-order chi connectivity index (χ1) is 9.03. The first kappa shape index (κ1) is 15.0. The van der Waals surface area contributed by atoms with Crippen molar-refractivity contribution in [3.63, 3.8) is 0 Å². The van der Waals surface area contributed by atoms with Crippen molar-refractivity contribution in [2.45, 2.75) is 44.7 Å². The fourth-order valence-corrected chi connectivity index (χ4v) is 3.43. The minimum Gasteiger partial charge on any atom is -0.311 e. The lowest BCUT2D eigenvalue weighted by atomic mass is 9.96. The van der Waals surface area contributed by atoms with Crippen LogP contribution in [0.4, 0.5) is 0 Å². The number of rotatable bonds is 5. The molecule has 1 fully saturated rings. The van der Waals surface area contributed by atoms with E-state index in [9.17, 15) is 0 Å². The number of likely N-dealkylation sites (N-methyl/N-ethyl adjacent to an activating group) is 1. The smallest absolute Gasteiger partial charge is 0.0328 e. The highest BCUT2D eigenvalue weighted by molar-refractivity contribution is 9.10. The zero-order valence-electron chi connectivity index (χ0n) is 12.3. The van der Waals surface area contributed by atoms with Gasteiger partial charge in [0.05, 0.1) is 0 Å². The number of halogens is 1. The van der Waals surface area contributed by atoms with Gasteiger partial charge in [-0.25, -0.2) is 0 Å². The summed E-state index contributed by atoms with van der Waals surface area (Å²) in [5, 5.41) is 3.65. The molecular formula is C16H25BrN2. The van der Waals surface area contributed by atoms with Crippen molar-refractivity contribution >= 4 is 15.9 Å². The molecule has 0 spiro atoms. The summed E-state index contributed by atoms with van der Waals surface area (Å²) < 4.78 is 1.20. The molecule has 0 aliphatic heterocycles. The number of hydrogen-bond donors (Lipinski definition) is 1. The van der Waals surface area contributed by atoms with Crippen LogP contribution >= 0.6 is 15.9 Å². The molecule has 0 heterocycles. The monoisotopic (exact) mass is 324 g/mol. The Balaban J connectivity index is 1.90. The van der Waals surface area contributed by atoms with Crippen LogP contribution in [-0.4, -0.2) is 31.1 Å². The first-order valence-electron chi connectivity index (χ1n) is 7.17. The zero-order chi connectivity index (χ0) is 13.9. The van der Waals surface area contributed by atoms with Crippen LogP contribution in [0.2, 0.25) is 0 Å². The zero-order valence-corrected chi connectivity index (χ0v) is 13.9. The number of hydrogen-bond acceptors (Lipinski definition) is 2. The summed E-state index contributed by atoms with van der Waals surface area (Å²) in [7, 11) is 4.44. The maximum Gasteiger partial charge on any atom is 0.0328 e. The van der Waals surface area contributed by atoms with E-state index < -0.39 is 0 Å². The molecule has 1 N–H and O–H groups in total. The second kappa shape index (κ2) is 6.38. The highest BCUT2D eigenvalue weighted by Gasteiger charge is 2.35. The van der Waals surface area contributed by atoms with Gasteiger partial charge < -0.3 is 10.2 Å². The van der Waals surface area contributed by atoms with E-state index >= 15 is 0 Å². The lowest BCUT2D eigenvalue weighted by Crippen LogP contribution is -2.49. The third kappa shape index (κ3) is 3.59. The van der Waals surface area contributed by atoms with Crippen molar-refractivity contribution < 1.29 is 0 Å². The molecule has 19 heavy (non-hydrogen) atoms. The fraction of sp³-hybridized carbons (Fsp3) is 0.625. The maximum absolute atomic E-state index is 3.65. The molecule has 1 aliphatic rings. The fourth-order valence-electron chi connectivity index (χ4n) is 3.00. The molecule has 1 aromatic rings. The van der Waals surface area contributed by atoms with Gasteiger partial charge in [-0.05, 0) is 51.1 Å². The van der Waals surface area contributed by atoms with Crippen LogP contribution in [0.5, 0.6) is 0 Å². The van der Waals surface area contributed by atoms with Crippen molar-refractivity contribution in [2.75, 3.05) is 20.6 Å². The first-order valence-corrected chi connectivity index (χ1v) is 7.96. The largest absolute Gasteiger partial charge is 0.311 e. The Morgan fingerprint density at radius 2 is 1.95 bits per heavy atom. The van der Waals surface area contributed by atoms with E-state index in [0.717, 1.165) is 13.1 Å². The Bertz CT molecular complexity index is 423. The molecule has 2 rings (SSSR count). The molecule has 0 saturated heterocycles. The van der Waals surface area contributed by atoms with E-state index in [2.05, 4.69) is 65.4 Å². The molecule has 0 amide bonds. The van der Waals surface area contributed by atoms with Crippen molar-refractivity contribution in [3.05, 3.63) is 33.8 Å². The van der Waals surface area contributed by atoms with Crippen molar-refractivity contribution in [1.82, 2.24) is 10.2 Å². The van der Waals surface area contributed by atoms with E-state index in [-0.39, 0.29) is 0 Å². The Labute approximate surface area is 125 Å². The van der Waals surface area contributed by atoms with Gasteiger partial charge in [-0.1, -0.05) is 40.9 Å². The van der Waals surface area contributed by atoms with E-state index in [1.807, 2.05) is 0 Å². The lowest BCUT2D eigenvalue weighted by Gasteiger charge is -2.36. The average Bonchev–Trinajstić information content (AvgIpc) is 2.84. The van der Waals surface area contributed by atoms with Gasteiger partial charge in [0.2, 0.25) is 0 Å². The topological polar surface area (TPSA) is 15.3 Å². The summed E-state index contributed by atoms with van der Waals surface area (Å²) in [6.07, 6.45) is 5.39. The van der Waals surface area contributed by atoms with Gasteiger partial charge in [-0.3, -0.25) is 0 Å². The van der Waals surface area contributed by atoms with Crippen molar-refractivity contribution in [2.24, 2.45) is 0 Å². The van der Waals surface area contributed by atoms with Gasteiger partial charge in [-0.15, -0.1) is 0 Å². The second-order valence-electron chi connectivity index (χ2n) is 6.01. The van der Waals surface area contributed by atoms with E-state index in [1.165, 1.54) is 41.3 Å². The molecular weight excluding hydrogens is 300 g/mol. The minimum atomic E-state index is 0.377. The highest BCUT2D eigenvalue weighted by Crippen LogP contribution is 2.33. The van der Waals surface area contributed by atoms with Crippen LogP contribution in [0.25, 0.3) is 0 Å². The third-order valence-corrected chi connectivity index (χ3v) is 5.36. The summed E-state index contributed by atoms with van der Waals surface area (Å²) in [6.45, 7) is 4.17. The Hall–Kier alpha value is -0.380. The Kier molecular flexibility index (Phi) is 5.04. The van der Waals surface area contributed by atoms with Crippen LogP contribution < -0.4 is 5.32 Å². The summed E-state index contributed by atoms with van der Waals surface area (Å²) in [5.74, 6) is 0. The number of aryl methyl sites for hydroxylation is 1. The normalized spacial score (nSPS) is 18.2. The molecule has 1 aliphatic carbocycles. The standard InChI is InChI=1S/C16H25BrN2/c1-13-6-7-14(10-15(13)17)11-18-12-16(19(2)3)8-4-5-9-16/h6-7,10,18H,4-5,8-9,11-12H2,1-3H3. The van der Waals surface area contributed by atoms with Crippen LogP contribution in [0.1, 0.15) is 36.8 Å². The van der Waals surface area contributed by atoms with Gasteiger partial charge >= 0.3 is 0 Å². The van der Waals surface area contributed by atoms with Crippen LogP contribution in [-0.2, 0) is 6.54 Å². The quantitative estimate of drug-likeness (QED) is 0.888. The van der Waals surface area contributed by atoms with Crippen molar-refractivity contribution in [3.8, 4) is 0 Å². The Morgan fingerprint density at radius 1 is 1.26 bits per heavy atom. The molecule has 0 aromatic heterocycles. The third-order valence-electron chi connectivity index (χ3n) is 4.50. The minimum absolute atomic E-state index is 0.377. The van der Waals surface area contributed by atoms with Gasteiger partial charge in [0.15, 0.2) is 0 Å². The summed E-state index contributed by atoms with van der Waals surface area (Å²) >= 11 is 3.60. The molecule has 1 saturated carbocycles.